The summed E-state index contributed by atoms with van der Waals surface area (Å²) >= 11 is 5.65. The molecule has 1 saturated heterocycles. The van der Waals surface area contributed by atoms with Crippen LogP contribution in [-0.4, -0.2) is 48.7 Å². The number of rotatable bonds is 3. The number of nitrogens with zero attached hydrogens (tertiary/aromatic N) is 2. The van der Waals surface area contributed by atoms with Crippen molar-refractivity contribution in [2.75, 3.05) is 37.0 Å². The van der Waals surface area contributed by atoms with E-state index in [-0.39, 0.29) is 6.09 Å². The number of amides is 1. The summed E-state index contributed by atoms with van der Waals surface area (Å²) in [5, 5.41) is 0. The third kappa shape index (κ3) is 5.47. The minimum atomic E-state index is -0.444. The Bertz CT molecular complexity index is 541. The molecule has 2 rings (SSSR count). The number of hydrogen-bond acceptors (Lipinski definition) is 3. The van der Waals surface area contributed by atoms with Gasteiger partial charge in [-0.3, -0.25) is 0 Å². The SMILES string of the molecule is CC(C)(C)OC(=O)N1CCN(c2ccc(C=CCCl)cc2)CC1. The van der Waals surface area contributed by atoms with Gasteiger partial charge in [0, 0.05) is 37.7 Å². The number of anilines is 1. The molecule has 0 spiro atoms. The Hall–Kier alpha value is -1.68. The highest BCUT2D eigenvalue weighted by atomic mass is 35.5. The third-order valence-electron chi connectivity index (χ3n) is 3.59. The van der Waals surface area contributed by atoms with Gasteiger partial charge in [0.05, 0.1) is 0 Å². The van der Waals surface area contributed by atoms with E-state index in [2.05, 4.69) is 29.2 Å². The van der Waals surface area contributed by atoms with Gasteiger partial charge in [0.1, 0.15) is 5.60 Å². The van der Waals surface area contributed by atoms with Gasteiger partial charge < -0.3 is 14.5 Å². The molecule has 23 heavy (non-hydrogen) atoms. The lowest BCUT2D eigenvalue weighted by Gasteiger charge is -2.36. The molecule has 0 bridgehead atoms. The molecule has 5 heteroatoms. The molecule has 1 aromatic carbocycles. The molecule has 1 amide bonds. The van der Waals surface area contributed by atoms with Crippen LogP contribution < -0.4 is 4.90 Å². The van der Waals surface area contributed by atoms with Gasteiger partial charge in [-0.05, 0) is 38.5 Å². The fourth-order valence-electron chi connectivity index (χ4n) is 2.45. The van der Waals surface area contributed by atoms with E-state index in [1.165, 1.54) is 5.69 Å². The second-order valence-corrected chi connectivity index (χ2v) is 6.91. The second kappa shape index (κ2) is 7.73. The lowest BCUT2D eigenvalue weighted by atomic mass is 10.1. The number of benzene rings is 1. The number of halogens is 1. The summed E-state index contributed by atoms with van der Waals surface area (Å²) in [6.07, 6.45) is 3.71. The van der Waals surface area contributed by atoms with E-state index < -0.39 is 5.60 Å². The van der Waals surface area contributed by atoms with Crippen molar-refractivity contribution < 1.29 is 9.53 Å². The number of piperazine rings is 1. The zero-order valence-corrected chi connectivity index (χ0v) is 14.8. The molecule has 1 fully saturated rings. The maximum atomic E-state index is 12.1. The van der Waals surface area contributed by atoms with Gasteiger partial charge in [-0.15, -0.1) is 11.6 Å². The summed E-state index contributed by atoms with van der Waals surface area (Å²) < 4.78 is 5.42. The van der Waals surface area contributed by atoms with Gasteiger partial charge in [0.15, 0.2) is 0 Å². The molecule has 0 aromatic heterocycles. The van der Waals surface area contributed by atoms with Crippen LogP contribution in [-0.2, 0) is 4.74 Å². The van der Waals surface area contributed by atoms with Crippen molar-refractivity contribution in [1.29, 1.82) is 0 Å². The summed E-state index contributed by atoms with van der Waals surface area (Å²) in [6, 6.07) is 8.38. The molecule has 0 unspecified atom stereocenters. The fraction of sp³-hybridized carbons (Fsp3) is 0.500. The Morgan fingerprint density at radius 1 is 1.17 bits per heavy atom. The van der Waals surface area contributed by atoms with Crippen LogP contribution in [0.2, 0.25) is 0 Å². The number of hydrogen-bond donors (Lipinski definition) is 0. The van der Waals surface area contributed by atoms with Crippen LogP contribution in [0.4, 0.5) is 10.5 Å². The molecule has 1 aliphatic rings. The quantitative estimate of drug-likeness (QED) is 0.782. The van der Waals surface area contributed by atoms with Gasteiger partial charge in [-0.25, -0.2) is 4.79 Å². The minimum Gasteiger partial charge on any atom is -0.444 e. The first kappa shape index (κ1) is 17.7. The van der Waals surface area contributed by atoms with Crippen molar-refractivity contribution in [3.63, 3.8) is 0 Å². The Morgan fingerprint density at radius 3 is 2.30 bits per heavy atom. The minimum absolute atomic E-state index is 0.223. The maximum absolute atomic E-state index is 12.1. The van der Waals surface area contributed by atoms with Crippen LogP contribution in [0, 0.1) is 0 Å². The first-order valence-corrected chi connectivity index (χ1v) is 8.48. The molecule has 0 N–H and O–H groups in total. The van der Waals surface area contributed by atoms with Gasteiger partial charge in [-0.1, -0.05) is 24.3 Å². The molecule has 1 aromatic rings. The van der Waals surface area contributed by atoms with E-state index in [1.807, 2.05) is 32.9 Å². The largest absolute Gasteiger partial charge is 0.444 e. The predicted octanol–water partition coefficient (Wildman–Crippen LogP) is 4.00. The van der Waals surface area contributed by atoms with E-state index in [1.54, 1.807) is 4.90 Å². The zero-order chi connectivity index (χ0) is 16.9. The van der Waals surface area contributed by atoms with Crippen LogP contribution in [0.1, 0.15) is 26.3 Å². The molecule has 1 aliphatic heterocycles. The molecule has 4 nitrogen and oxygen atoms in total. The van der Waals surface area contributed by atoms with Crippen LogP contribution in [0.25, 0.3) is 6.08 Å². The molecule has 0 saturated carbocycles. The fourth-order valence-corrected chi connectivity index (χ4v) is 2.54. The number of carbonyl (C=O) groups is 1. The lowest BCUT2D eigenvalue weighted by Crippen LogP contribution is -2.50. The van der Waals surface area contributed by atoms with Crippen molar-refractivity contribution in [2.45, 2.75) is 26.4 Å². The highest BCUT2D eigenvalue weighted by Crippen LogP contribution is 2.19. The van der Waals surface area contributed by atoms with Gasteiger partial charge in [0.25, 0.3) is 0 Å². The van der Waals surface area contributed by atoms with Crippen molar-refractivity contribution in [3.8, 4) is 0 Å². The molecular formula is C18H25ClN2O2. The van der Waals surface area contributed by atoms with E-state index in [0.717, 1.165) is 18.7 Å². The average Bonchev–Trinajstić information content (AvgIpc) is 2.52. The predicted molar refractivity (Wildman–Crippen MR) is 96.2 cm³/mol. The monoisotopic (exact) mass is 336 g/mol. The van der Waals surface area contributed by atoms with E-state index in [4.69, 9.17) is 16.3 Å². The van der Waals surface area contributed by atoms with Crippen LogP contribution in [0.3, 0.4) is 0 Å². The molecular weight excluding hydrogens is 312 g/mol. The first-order chi connectivity index (χ1) is 10.9. The molecule has 0 radical (unpaired) electrons. The summed E-state index contributed by atoms with van der Waals surface area (Å²) in [5.41, 5.74) is 1.87. The Balaban J connectivity index is 1.89. The summed E-state index contributed by atoms with van der Waals surface area (Å²) in [5.74, 6) is 0.522. The normalized spacial score (nSPS) is 16.0. The number of ether oxygens (including phenoxy) is 1. The molecule has 126 valence electrons. The van der Waals surface area contributed by atoms with Crippen LogP contribution in [0.5, 0.6) is 0 Å². The highest BCUT2D eigenvalue weighted by Gasteiger charge is 2.25. The number of carbonyl (C=O) groups excluding carboxylic acids is 1. The molecule has 0 atom stereocenters. The van der Waals surface area contributed by atoms with Crippen molar-refractivity contribution in [2.24, 2.45) is 0 Å². The Kier molecular flexibility index (Phi) is 5.94. The summed E-state index contributed by atoms with van der Waals surface area (Å²) in [4.78, 5) is 16.1. The smallest absolute Gasteiger partial charge is 0.410 e. The van der Waals surface area contributed by atoms with E-state index in [0.29, 0.717) is 19.0 Å². The van der Waals surface area contributed by atoms with E-state index in [9.17, 15) is 4.79 Å². The zero-order valence-electron chi connectivity index (χ0n) is 14.1. The maximum Gasteiger partial charge on any atom is 0.410 e. The van der Waals surface area contributed by atoms with Crippen molar-refractivity contribution in [1.82, 2.24) is 4.90 Å². The highest BCUT2D eigenvalue weighted by molar-refractivity contribution is 6.19. The lowest BCUT2D eigenvalue weighted by molar-refractivity contribution is 0.0240. The van der Waals surface area contributed by atoms with Gasteiger partial charge in [0.2, 0.25) is 0 Å². The summed E-state index contributed by atoms with van der Waals surface area (Å²) in [7, 11) is 0. The van der Waals surface area contributed by atoms with Crippen LogP contribution >= 0.6 is 11.6 Å². The van der Waals surface area contributed by atoms with Crippen LogP contribution in [0.15, 0.2) is 30.3 Å². The standard InChI is InChI=1S/C18H25ClN2O2/c1-18(2,3)23-17(22)21-13-11-20(12-14-21)16-8-6-15(7-9-16)5-4-10-19/h4-9H,10-14H2,1-3H3. The van der Waals surface area contributed by atoms with Crippen molar-refractivity contribution in [3.05, 3.63) is 35.9 Å². The average molecular weight is 337 g/mol. The topological polar surface area (TPSA) is 32.8 Å². The third-order valence-corrected chi connectivity index (χ3v) is 3.77. The van der Waals surface area contributed by atoms with Gasteiger partial charge in [-0.2, -0.15) is 0 Å². The number of alkyl halides is 1. The molecule has 0 aliphatic carbocycles. The summed E-state index contributed by atoms with van der Waals surface area (Å²) in [6.45, 7) is 8.67. The Labute approximate surface area is 143 Å². The van der Waals surface area contributed by atoms with E-state index >= 15 is 0 Å². The first-order valence-electron chi connectivity index (χ1n) is 7.94. The van der Waals surface area contributed by atoms with Gasteiger partial charge >= 0.3 is 6.09 Å². The molecule has 1 heterocycles. The Morgan fingerprint density at radius 2 is 1.78 bits per heavy atom. The van der Waals surface area contributed by atoms with Crippen molar-refractivity contribution >= 4 is 29.5 Å². The number of allylic oxidation sites excluding steroid dienone is 1. The second-order valence-electron chi connectivity index (χ2n) is 6.60.